The maximum atomic E-state index is 11.7. The van der Waals surface area contributed by atoms with Gasteiger partial charge in [0, 0.05) is 13.6 Å². The highest BCUT2D eigenvalue weighted by Gasteiger charge is 2.20. The van der Waals surface area contributed by atoms with Crippen LogP contribution in [-0.4, -0.2) is 39.3 Å². The molecule has 3 amide bonds. The molecule has 0 spiro atoms. The number of aromatic nitrogens is 3. The molecular weight excluding hydrogens is 248 g/mol. The number of nitrogens with one attached hydrogen (secondary N) is 3. The Morgan fingerprint density at radius 2 is 2.11 bits per heavy atom. The van der Waals surface area contributed by atoms with Gasteiger partial charge in [0.15, 0.2) is 0 Å². The molecule has 3 N–H and O–H groups in total. The van der Waals surface area contributed by atoms with Gasteiger partial charge < -0.3 is 9.88 Å². The van der Waals surface area contributed by atoms with Crippen LogP contribution in [0.5, 0.6) is 0 Å². The smallest absolute Gasteiger partial charge is 0.321 e. The summed E-state index contributed by atoms with van der Waals surface area (Å²) in [5.41, 5.74) is 0. The second-order valence-electron chi connectivity index (χ2n) is 4.26. The van der Waals surface area contributed by atoms with Crippen molar-refractivity contribution in [3.8, 4) is 0 Å². The molecule has 8 nitrogen and oxygen atoms in total. The van der Waals surface area contributed by atoms with Crippen molar-refractivity contribution in [3.63, 3.8) is 0 Å². The zero-order chi connectivity index (χ0) is 14.4. The molecule has 0 radical (unpaired) electrons. The largest absolute Gasteiger partial charge is 0.338 e. The number of carbonyl (C=O) groups excluding carboxylic acids is 2. The van der Waals surface area contributed by atoms with Crippen LogP contribution in [0.4, 0.5) is 4.79 Å². The molecular formula is C11H20N6O2. The normalized spacial score (nSPS) is 13.7. The first-order valence-electron chi connectivity index (χ1n) is 6.14. The molecule has 0 aromatic carbocycles. The zero-order valence-corrected chi connectivity index (χ0v) is 11.6. The lowest BCUT2D eigenvalue weighted by atomic mass is 10.2. The average Bonchev–Trinajstić information content (AvgIpc) is 2.75. The first-order chi connectivity index (χ1) is 8.95. The molecule has 0 bridgehead atoms. The van der Waals surface area contributed by atoms with Crippen molar-refractivity contribution in [2.45, 2.75) is 32.9 Å². The van der Waals surface area contributed by atoms with E-state index in [0.29, 0.717) is 6.54 Å². The van der Waals surface area contributed by atoms with Crippen molar-refractivity contribution in [1.29, 1.82) is 0 Å². The van der Waals surface area contributed by atoms with Crippen LogP contribution in [0, 0.1) is 0 Å². The summed E-state index contributed by atoms with van der Waals surface area (Å²) in [6.45, 7) is 5.81. The van der Waals surface area contributed by atoms with E-state index < -0.39 is 12.1 Å². The fourth-order valence-corrected chi connectivity index (χ4v) is 1.63. The summed E-state index contributed by atoms with van der Waals surface area (Å²) in [4.78, 5) is 23.0. The number of amides is 3. The van der Waals surface area contributed by atoms with Crippen molar-refractivity contribution in [3.05, 3.63) is 12.2 Å². The lowest BCUT2D eigenvalue weighted by Gasteiger charge is -2.18. The van der Waals surface area contributed by atoms with Crippen molar-refractivity contribution in [2.75, 3.05) is 6.54 Å². The molecule has 0 saturated heterocycles. The summed E-state index contributed by atoms with van der Waals surface area (Å²) in [6.07, 6.45) is 1.59. The number of rotatable bonds is 5. The van der Waals surface area contributed by atoms with E-state index in [1.54, 1.807) is 24.7 Å². The zero-order valence-electron chi connectivity index (χ0n) is 11.6. The van der Waals surface area contributed by atoms with Crippen LogP contribution < -0.4 is 16.0 Å². The fourth-order valence-electron chi connectivity index (χ4n) is 1.63. The van der Waals surface area contributed by atoms with Gasteiger partial charge in [0.05, 0.1) is 12.1 Å². The van der Waals surface area contributed by atoms with E-state index in [9.17, 15) is 9.59 Å². The van der Waals surface area contributed by atoms with Gasteiger partial charge >= 0.3 is 6.03 Å². The second-order valence-corrected chi connectivity index (χ2v) is 4.26. The van der Waals surface area contributed by atoms with Gasteiger partial charge in [0.25, 0.3) is 0 Å². The van der Waals surface area contributed by atoms with Crippen LogP contribution >= 0.6 is 0 Å². The predicted molar refractivity (Wildman–Crippen MR) is 69.2 cm³/mol. The number of carbonyl (C=O) groups is 2. The molecule has 0 saturated carbocycles. The Morgan fingerprint density at radius 1 is 1.42 bits per heavy atom. The molecule has 0 aliphatic heterocycles. The van der Waals surface area contributed by atoms with Crippen LogP contribution in [-0.2, 0) is 11.8 Å². The van der Waals surface area contributed by atoms with Gasteiger partial charge in [0.1, 0.15) is 12.2 Å². The molecule has 1 aromatic heterocycles. The minimum Gasteiger partial charge on any atom is -0.338 e. The molecule has 1 aromatic rings. The third-order valence-corrected chi connectivity index (χ3v) is 2.60. The van der Waals surface area contributed by atoms with Crippen molar-refractivity contribution in [2.24, 2.45) is 7.05 Å². The summed E-state index contributed by atoms with van der Waals surface area (Å²) < 4.78 is 1.77. The maximum Gasteiger partial charge on any atom is 0.321 e. The molecule has 19 heavy (non-hydrogen) atoms. The summed E-state index contributed by atoms with van der Waals surface area (Å²) in [5.74, 6) is 0.331. The number of hydrogen-bond donors (Lipinski definition) is 3. The molecule has 8 heteroatoms. The number of urea groups is 1. The third-order valence-electron chi connectivity index (χ3n) is 2.60. The van der Waals surface area contributed by atoms with Crippen LogP contribution in [0.3, 0.4) is 0 Å². The van der Waals surface area contributed by atoms with Crippen LogP contribution in [0.2, 0.25) is 0 Å². The number of nitrogens with zero attached hydrogens (tertiary/aromatic N) is 3. The minimum absolute atomic E-state index is 0.150. The Labute approximate surface area is 112 Å². The Balaban J connectivity index is 2.50. The molecule has 2 atom stereocenters. The number of aryl methyl sites for hydroxylation is 1. The SMILES string of the molecule is CCNC(=O)NC(=O)C(C)NC(C)c1nncn1C. The molecule has 0 fully saturated rings. The van der Waals surface area contributed by atoms with Crippen molar-refractivity contribution in [1.82, 2.24) is 30.7 Å². The lowest BCUT2D eigenvalue weighted by Crippen LogP contribution is -2.48. The first-order valence-corrected chi connectivity index (χ1v) is 6.14. The highest BCUT2D eigenvalue weighted by Crippen LogP contribution is 2.07. The van der Waals surface area contributed by atoms with E-state index >= 15 is 0 Å². The van der Waals surface area contributed by atoms with Gasteiger partial charge in [-0.1, -0.05) is 0 Å². The fraction of sp³-hybridized carbons (Fsp3) is 0.636. The van der Waals surface area contributed by atoms with Gasteiger partial charge in [0.2, 0.25) is 5.91 Å². The Morgan fingerprint density at radius 3 is 2.63 bits per heavy atom. The van der Waals surface area contributed by atoms with Crippen LogP contribution in [0.1, 0.15) is 32.6 Å². The van der Waals surface area contributed by atoms with E-state index in [4.69, 9.17) is 0 Å². The summed E-state index contributed by atoms with van der Waals surface area (Å²) in [5, 5.41) is 15.5. The standard InChI is InChI=1S/C11H20N6O2/c1-5-12-11(19)15-10(18)8(3)14-7(2)9-16-13-6-17(9)4/h6-8,14H,5H2,1-4H3,(H2,12,15,18,19). The monoisotopic (exact) mass is 268 g/mol. The molecule has 1 heterocycles. The van der Waals surface area contributed by atoms with Crippen LogP contribution in [0.15, 0.2) is 6.33 Å². The lowest BCUT2D eigenvalue weighted by molar-refractivity contribution is -0.121. The Kier molecular flexibility index (Phi) is 5.43. The quantitative estimate of drug-likeness (QED) is 0.680. The summed E-state index contributed by atoms with van der Waals surface area (Å²) in [7, 11) is 1.83. The van der Waals surface area contributed by atoms with Gasteiger partial charge in [-0.2, -0.15) is 0 Å². The minimum atomic E-state index is -0.519. The van der Waals surface area contributed by atoms with E-state index in [1.807, 2.05) is 14.0 Å². The van der Waals surface area contributed by atoms with Crippen molar-refractivity contribution < 1.29 is 9.59 Å². The van der Waals surface area contributed by atoms with Crippen LogP contribution in [0.25, 0.3) is 0 Å². The first kappa shape index (κ1) is 15.1. The maximum absolute atomic E-state index is 11.7. The van der Waals surface area contributed by atoms with Gasteiger partial charge in [-0.25, -0.2) is 4.79 Å². The second kappa shape index (κ2) is 6.83. The Bertz CT molecular complexity index is 444. The highest BCUT2D eigenvalue weighted by molar-refractivity contribution is 5.96. The molecule has 106 valence electrons. The summed E-state index contributed by atoms with van der Waals surface area (Å²) in [6, 6.07) is -1.16. The topological polar surface area (TPSA) is 101 Å². The van der Waals surface area contributed by atoms with E-state index in [-0.39, 0.29) is 11.9 Å². The van der Waals surface area contributed by atoms with E-state index in [0.717, 1.165) is 5.82 Å². The van der Waals surface area contributed by atoms with Gasteiger partial charge in [-0.3, -0.25) is 15.4 Å². The summed E-state index contributed by atoms with van der Waals surface area (Å²) >= 11 is 0. The van der Waals surface area contributed by atoms with Gasteiger partial charge in [-0.05, 0) is 20.8 Å². The van der Waals surface area contributed by atoms with Crippen molar-refractivity contribution >= 4 is 11.9 Å². The highest BCUT2D eigenvalue weighted by atomic mass is 16.2. The number of hydrogen-bond acceptors (Lipinski definition) is 5. The molecule has 2 unspecified atom stereocenters. The van der Waals surface area contributed by atoms with Gasteiger partial charge in [-0.15, -0.1) is 10.2 Å². The average molecular weight is 268 g/mol. The molecule has 0 aliphatic carbocycles. The third kappa shape index (κ3) is 4.32. The number of imide groups is 1. The predicted octanol–water partition coefficient (Wildman–Crippen LogP) is -0.300. The molecule has 0 aliphatic rings. The molecule has 1 rings (SSSR count). The Hall–Kier alpha value is -1.96. The van der Waals surface area contributed by atoms with E-state index in [1.165, 1.54) is 0 Å². The van der Waals surface area contributed by atoms with E-state index in [2.05, 4.69) is 26.1 Å².